The number of hydrogen-bond donors (Lipinski definition) is 2. The van der Waals surface area contributed by atoms with E-state index >= 15 is 0 Å². The Morgan fingerprint density at radius 3 is 1.65 bits per heavy atom. The number of rotatable bonds is 10. The van der Waals surface area contributed by atoms with E-state index in [1.807, 2.05) is 0 Å². The summed E-state index contributed by atoms with van der Waals surface area (Å²) >= 11 is 0. The van der Waals surface area contributed by atoms with Gasteiger partial charge in [-0.15, -0.1) is 0 Å². The average Bonchev–Trinajstić information content (AvgIpc) is 2.40. The summed E-state index contributed by atoms with van der Waals surface area (Å²) < 4.78 is 0. The van der Waals surface area contributed by atoms with Crippen LogP contribution in [0.2, 0.25) is 0 Å². The van der Waals surface area contributed by atoms with E-state index in [1.165, 1.54) is 38.5 Å². The van der Waals surface area contributed by atoms with E-state index in [0.717, 1.165) is 37.5 Å². The monoisotopic (exact) mass is 284 g/mol. The zero-order chi connectivity index (χ0) is 14.8. The van der Waals surface area contributed by atoms with Crippen LogP contribution in [0.15, 0.2) is 0 Å². The molecule has 0 aromatic carbocycles. The Labute approximate surface area is 121 Å². The normalized spacial score (nSPS) is 22.6. The predicted molar refractivity (Wildman–Crippen MR) is 77.7 cm³/mol. The van der Waals surface area contributed by atoms with Crippen LogP contribution in [0.25, 0.3) is 0 Å². The van der Waals surface area contributed by atoms with E-state index < -0.39 is 11.9 Å². The first-order valence-corrected chi connectivity index (χ1v) is 8.01. The van der Waals surface area contributed by atoms with Gasteiger partial charge in [0.1, 0.15) is 0 Å². The molecule has 0 saturated heterocycles. The van der Waals surface area contributed by atoms with Crippen molar-refractivity contribution in [2.75, 3.05) is 0 Å². The molecule has 0 bridgehead atoms. The number of hydrogen-bond acceptors (Lipinski definition) is 2. The second kappa shape index (κ2) is 9.78. The number of carbonyl (C=O) groups is 2. The third-order valence-corrected chi connectivity index (χ3v) is 4.40. The van der Waals surface area contributed by atoms with E-state index in [9.17, 15) is 9.59 Å². The van der Waals surface area contributed by atoms with Crippen molar-refractivity contribution in [3.63, 3.8) is 0 Å². The number of aliphatic carboxylic acids is 2. The first-order valence-electron chi connectivity index (χ1n) is 8.01. The fourth-order valence-corrected chi connectivity index (χ4v) is 3.35. The summed E-state index contributed by atoms with van der Waals surface area (Å²) in [5.41, 5.74) is 0. The van der Waals surface area contributed by atoms with E-state index in [4.69, 9.17) is 10.2 Å². The Morgan fingerprint density at radius 1 is 0.800 bits per heavy atom. The average molecular weight is 284 g/mol. The number of carboxylic acid groups (broad SMARTS) is 2. The maximum absolute atomic E-state index is 10.5. The molecule has 2 unspecified atom stereocenters. The Bertz CT molecular complexity index is 273. The van der Waals surface area contributed by atoms with Crippen LogP contribution in [0.5, 0.6) is 0 Å². The number of unbranched alkanes of at least 4 members (excludes halogenated alkanes) is 2. The molecule has 1 aliphatic rings. The minimum absolute atomic E-state index is 0.297. The number of carboxylic acids is 2. The van der Waals surface area contributed by atoms with Crippen LogP contribution in [0.1, 0.15) is 77.0 Å². The fraction of sp³-hybridized carbons (Fsp3) is 0.875. The topological polar surface area (TPSA) is 74.6 Å². The third kappa shape index (κ3) is 8.18. The molecule has 1 aliphatic carbocycles. The Hall–Kier alpha value is -1.06. The SMILES string of the molecule is O=C(O)CCCCC1CCCC(CCCCC(=O)O)C1. The highest BCUT2D eigenvalue weighted by atomic mass is 16.4. The first-order chi connectivity index (χ1) is 9.58. The van der Waals surface area contributed by atoms with Crippen LogP contribution in [-0.2, 0) is 9.59 Å². The van der Waals surface area contributed by atoms with E-state index in [1.54, 1.807) is 0 Å². The minimum Gasteiger partial charge on any atom is -0.481 e. The fourth-order valence-electron chi connectivity index (χ4n) is 3.35. The van der Waals surface area contributed by atoms with Gasteiger partial charge in [0, 0.05) is 12.8 Å². The Balaban J connectivity index is 2.08. The summed E-state index contributed by atoms with van der Waals surface area (Å²) in [6, 6.07) is 0. The lowest BCUT2D eigenvalue weighted by Gasteiger charge is -2.29. The Kier molecular flexibility index (Phi) is 8.31. The van der Waals surface area contributed by atoms with Crippen LogP contribution in [0.3, 0.4) is 0 Å². The van der Waals surface area contributed by atoms with Gasteiger partial charge in [0.25, 0.3) is 0 Å². The molecule has 1 rings (SSSR count). The standard InChI is InChI=1S/C16H28O4/c17-15(18)10-3-1-6-13-8-5-9-14(12-13)7-2-4-11-16(19)20/h13-14H,1-12H2,(H,17,18)(H,19,20). The summed E-state index contributed by atoms with van der Waals surface area (Å²) in [7, 11) is 0. The van der Waals surface area contributed by atoms with Crippen molar-refractivity contribution >= 4 is 11.9 Å². The largest absolute Gasteiger partial charge is 0.481 e. The van der Waals surface area contributed by atoms with E-state index in [2.05, 4.69) is 0 Å². The molecule has 2 N–H and O–H groups in total. The van der Waals surface area contributed by atoms with Gasteiger partial charge in [-0.1, -0.05) is 44.9 Å². The molecular formula is C16H28O4. The second-order valence-corrected chi connectivity index (χ2v) is 6.18. The van der Waals surface area contributed by atoms with Gasteiger partial charge >= 0.3 is 11.9 Å². The molecule has 1 saturated carbocycles. The van der Waals surface area contributed by atoms with Crippen LogP contribution in [-0.4, -0.2) is 22.2 Å². The molecule has 4 heteroatoms. The van der Waals surface area contributed by atoms with Gasteiger partial charge in [-0.3, -0.25) is 9.59 Å². The lowest BCUT2D eigenvalue weighted by atomic mass is 9.77. The Morgan fingerprint density at radius 2 is 1.25 bits per heavy atom. The lowest BCUT2D eigenvalue weighted by Crippen LogP contribution is -2.16. The van der Waals surface area contributed by atoms with E-state index in [-0.39, 0.29) is 0 Å². The minimum atomic E-state index is -0.690. The van der Waals surface area contributed by atoms with Crippen molar-refractivity contribution in [3.8, 4) is 0 Å². The first kappa shape index (κ1) is 17.0. The molecule has 4 nitrogen and oxygen atoms in total. The molecule has 0 amide bonds. The smallest absolute Gasteiger partial charge is 0.303 e. The molecule has 0 radical (unpaired) electrons. The second-order valence-electron chi connectivity index (χ2n) is 6.18. The molecule has 116 valence electrons. The quantitative estimate of drug-likeness (QED) is 0.593. The van der Waals surface area contributed by atoms with Crippen LogP contribution < -0.4 is 0 Å². The molecule has 20 heavy (non-hydrogen) atoms. The third-order valence-electron chi connectivity index (χ3n) is 4.40. The van der Waals surface area contributed by atoms with Crippen LogP contribution in [0.4, 0.5) is 0 Å². The summed E-state index contributed by atoms with van der Waals surface area (Å²) in [6.45, 7) is 0. The van der Waals surface area contributed by atoms with Gasteiger partial charge in [0.2, 0.25) is 0 Å². The molecule has 0 spiro atoms. The van der Waals surface area contributed by atoms with Gasteiger partial charge in [0.15, 0.2) is 0 Å². The maximum atomic E-state index is 10.5. The zero-order valence-corrected chi connectivity index (χ0v) is 12.4. The maximum Gasteiger partial charge on any atom is 0.303 e. The van der Waals surface area contributed by atoms with Crippen LogP contribution in [0, 0.1) is 11.8 Å². The van der Waals surface area contributed by atoms with Crippen molar-refractivity contribution in [2.45, 2.75) is 77.0 Å². The van der Waals surface area contributed by atoms with Gasteiger partial charge in [-0.25, -0.2) is 0 Å². The van der Waals surface area contributed by atoms with Gasteiger partial charge in [-0.2, -0.15) is 0 Å². The highest BCUT2D eigenvalue weighted by Crippen LogP contribution is 2.35. The van der Waals surface area contributed by atoms with Crippen molar-refractivity contribution in [1.82, 2.24) is 0 Å². The van der Waals surface area contributed by atoms with Crippen LogP contribution >= 0.6 is 0 Å². The van der Waals surface area contributed by atoms with Gasteiger partial charge in [-0.05, 0) is 31.1 Å². The molecule has 0 aromatic rings. The van der Waals surface area contributed by atoms with Gasteiger partial charge in [0.05, 0.1) is 0 Å². The van der Waals surface area contributed by atoms with Crippen molar-refractivity contribution < 1.29 is 19.8 Å². The lowest BCUT2D eigenvalue weighted by molar-refractivity contribution is -0.138. The molecule has 0 aromatic heterocycles. The molecule has 2 atom stereocenters. The zero-order valence-electron chi connectivity index (χ0n) is 12.4. The van der Waals surface area contributed by atoms with Gasteiger partial charge < -0.3 is 10.2 Å². The summed E-state index contributed by atoms with van der Waals surface area (Å²) in [5, 5.41) is 17.2. The summed E-state index contributed by atoms with van der Waals surface area (Å²) in [4.78, 5) is 20.9. The molecular weight excluding hydrogens is 256 g/mol. The molecule has 0 heterocycles. The predicted octanol–water partition coefficient (Wildman–Crippen LogP) is 4.08. The van der Waals surface area contributed by atoms with E-state index in [0.29, 0.717) is 12.8 Å². The van der Waals surface area contributed by atoms with Crippen molar-refractivity contribution in [2.24, 2.45) is 11.8 Å². The summed E-state index contributed by atoms with van der Waals surface area (Å²) in [5.74, 6) is 0.152. The van der Waals surface area contributed by atoms with Crippen molar-refractivity contribution in [1.29, 1.82) is 0 Å². The highest BCUT2D eigenvalue weighted by molar-refractivity contribution is 5.66. The molecule has 1 fully saturated rings. The molecule has 0 aliphatic heterocycles. The van der Waals surface area contributed by atoms with Crippen molar-refractivity contribution in [3.05, 3.63) is 0 Å². The summed E-state index contributed by atoms with van der Waals surface area (Å²) in [6.07, 6.45) is 11.7. The highest BCUT2D eigenvalue weighted by Gasteiger charge is 2.21.